The molecule has 1 aliphatic heterocycles. The van der Waals surface area contributed by atoms with E-state index in [1.807, 2.05) is 0 Å². The van der Waals surface area contributed by atoms with E-state index in [1.54, 1.807) is 13.2 Å². The largest absolute Gasteiger partial charge is 0.462 e. The summed E-state index contributed by atoms with van der Waals surface area (Å²) in [6.07, 6.45) is -1.88. The zero-order valence-corrected chi connectivity index (χ0v) is 13.4. The maximum atomic E-state index is 11.9. The van der Waals surface area contributed by atoms with Gasteiger partial charge in [-0.1, -0.05) is 11.8 Å². The van der Waals surface area contributed by atoms with Crippen molar-refractivity contribution in [3.63, 3.8) is 0 Å². The van der Waals surface area contributed by atoms with Gasteiger partial charge in [-0.2, -0.15) is 4.98 Å². The highest BCUT2D eigenvalue weighted by Crippen LogP contribution is 2.31. The number of aliphatic hydroxyl groups is 3. The summed E-state index contributed by atoms with van der Waals surface area (Å²) in [4.78, 5) is 27.5. The van der Waals surface area contributed by atoms with Crippen molar-refractivity contribution in [3.05, 3.63) is 22.1 Å². The first-order valence-electron chi connectivity index (χ1n) is 6.91. The molecule has 23 heavy (non-hydrogen) atoms. The Bertz CT molecular complexity index is 635. The number of carbonyl (C=O) groups excluding carboxylic acids is 1. The molecule has 9 nitrogen and oxygen atoms in total. The van der Waals surface area contributed by atoms with Gasteiger partial charge in [-0.25, -0.2) is 4.79 Å². The Morgan fingerprint density at radius 2 is 2.17 bits per heavy atom. The van der Waals surface area contributed by atoms with Crippen LogP contribution in [-0.4, -0.2) is 68.6 Å². The summed E-state index contributed by atoms with van der Waals surface area (Å²) in [5.74, 6) is -0.835. The van der Waals surface area contributed by atoms with Gasteiger partial charge in [-0.05, 0) is 13.2 Å². The van der Waals surface area contributed by atoms with Crippen LogP contribution in [0.5, 0.6) is 0 Å². The summed E-state index contributed by atoms with van der Waals surface area (Å²) in [5, 5.41) is 29.3. The Balaban J connectivity index is 2.47. The van der Waals surface area contributed by atoms with Crippen molar-refractivity contribution < 1.29 is 29.6 Å². The molecule has 3 N–H and O–H groups in total. The molecule has 128 valence electrons. The number of hydrogen-bond donors (Lipinski definition) is 3. The van der Waals surface area contributed by atoms with Gasteiger partial charge in [-0.15, -0.1) is 0 Å². The summed E-state index contributed by atoms with van der Waals surface area (Å²) in [6.45, 7) is 1.21. The van der Waals surface area contributed by atoms with Crippen molar-refractivity contribution in [2.24, 2.45) is 0 Å². The average molecular weight is 346 g/mol. The second-order valence-corrected chi connectivity index (χ2v) is 5.58. The third kappa shape index (κ3) is 3.40. The number of hydrogen-bond acceptors (Lipinski definition) is 9. The highest BCUT2D eigenvalue weighted by atomic mass is 32.2. The monoisotopic (exact) mass is 346 g/mol. The van der Waals surface area contributed by atoms with Gasteiger partial charge in [0.25, 0.3) is 5.56 Å². The quantitative estimate of drug-likeness (QED) is 0.340. The van der Waals surface area contributed by atoms with E-state index in [1.165, 1.54) is 10.8 Å². The lowest BCUT2D eigenvalue weighted by atomic mass is 10.1. The van der Waals surface area contributed by atoms with E-state index in [-0.39, 0.29) is 17.3 Å². The Morgan fingerprint density at radius 3 is 2.70 bits per heavy atom. The van der Waals surface area contributed by atoms with Gasteiger partial charge in [0.1, 0.15) is 23.9 Å². The highest BCUT2D eigenvalue weighted by Gasteiger charge is 2.44. The Hall–Kier alpha value is -1.46. The number of rotatable bonds is 5. The lowest BCUT2D eigenvalue weighted by Gasteiger charge is -2.21. The molecule has 0 unspecified atom stereocenters. The summed E-state index contributed by atoms with van der Waals surface area (Å²) in [7, 11) is 0. The van der Waals surface area contributed by atoms with Gasteiger partial charge in [-0.3, -0.25) is 9.36 Å². The Kier molecular flexibility index (Phi) is 5.76. The molecule has 0 aliphatic carbocycles. The van der Waals surface area contributed by atoms with Gasteiger partial charge in [0.15, 0.2) is 11.4 Å². The number of esters is 1. The van der Waals surface area contributed by atoms with E-state index >= 15 is 0 Å². The van der Waals surface area contributed by atoms with Crippen LogP contribution in [0.25, 0.3) is 0 Å². The van der Waals surface area contributed by atoms with Crippen molar-refractivity contribution in [2.75, 3.05) is 19.5 Å². The molecule has 2 heterocycles. The Labute approximate surface area is 135 Å². The minimum Gasteiger partial charge on any atom is -0.462 e. The van der Waals surface area contributed by atoms with Crippen LogP contribution in [0.1, 0.15) is 23.5 Å². The standard InChI is InChI=1S/C13H18N2O7S/c1-3-21-12(20)6-4-15(13(23-2)14-10(6)19)11-9(18)8(17)7(5-16)22-11/h4,7-9,11,16-18H,3,5H2,1-2H3/t7-,8-,9-,11-/m1/s1. The van der Waals surface area contributed by atoms with Crippen molar-refractivity contribution >= 4 is 17.7 Å². The molecule has 0 amide bonds. The first-order chi connectivity index (χ1) is 10.9. The van der Waals surface area contributed by atoms with E-state index in [0.717, 1.165) is 11.8 Å². The van der Waals surface area contributed by atoms with Gasteiger partial charge in [0, 0.05) is 6.20 Å². The van der Waals surface area contributed by atoms with Crippen molar-refractivity contribution in [3.8, 4) is 0 Å². The normalized spacial score (nSPS) is 27.2. The predicted molar refractivity (Wildman–Crippen MR) is 79.2 cm³/mol. The molecule has 1 fully saturated rings. The lowest BCUT2D eigenvalue weighted by Crippen LogP contribution is -2.34. The van der Waals surface area contributed by atoms with Crippen LogP contribution in [0.2, 0.25) is 0 Å². The molecule has 10 heteroatoms. The molecule has 0 bridgehead atoms. The maximum absolute atomic E-state index is 11.9. The highest BCUT2D eigenvalue weighted by molar-refractivity contribution is 7.98. The van der Waals surface area contributed by atoms with Crippen LogP contribution in [0.3, 0.4) is 0 Å². The zero-order valence-electron chi connectivity index (χ0n) is 12.6. The van der Waals surface area contributed by atoms with Crippen LogP contribution in [0.15, 0.2) is 16.1 Å². The maximum Gasteiger partial charge on any atom is 0.345 e. The Morgan fingerprint density at radius 1 is 1.48 bits per heavy atom. The predicted octanol–water partition coefficient (Wildman–Crippen LogP) is -1.25. The molecule has 2 rings (SSSR count). The van der Waals surface area contributed by atoms with Gasteiger partial charge in [0.05, 0.1) is 13.2 Å². The first kappa shape index (κ1) is 17.9. The van der Waals surface area contributed by atoms with Crippen molar-refractivity contribution in [1.29, 1.82) is 0 Å². The molecule has 0 spiro atoms. The molecule has 0 saturated carbocycles. The SMILES string of the molecule is CCOC(=O)c1cn([C@@H]2O[C@H](CO)[C@@H](O)[C@H]2O)c(SC)nc1=O. The molecule has 1 aromatic rings. The summed E-state index contributed by atoms with van der Waals surface area (Å²) in [6, 6.07) is 0. The van der Waals surface area contributed by atoms with E-state index in [4.69, 9.17) is 14.6 Å². The van der Waals surface area contributed by atoms with Crippen molar-refractivity contribution in [2.45, 2.75) is 36.6 Å². The zero-order chi connectivity index (χ0) is 17.1. The van der Waals surface area contributed by atoms with Crippen LogP contribution in [-0.2, 0) is 9.47 Å². The number of aromatic nitrogens is 2. The minimum absolute atomic E-state index is 0.0937. The molecule has 1 aliphatic rings. The smallest absolute Gasteiger partial charge is 0.345 e. The first-order valence-corrected chi connectivity index (χ1v) is 8.13. The topological polar surface area (TPSA) is 131 Å². The van der Waals surface area contributed by atoms with Crippen LogP contribution < -0.4 is 5.56 Å². The molecule has 1 aromatic heterocycles. The average Bonchev–Trinajstić information content (AvgIpc) is 2.82. The fourth-order valence-corrected chi connectivity index (χ4v) is 2.79. The van der Waals surface area contributed by atoms with Crippen LogP contribution in [0.4, 0.5) is 0 Å². The van der Waals surface area contributed by atoms with Gasteiger partial charge < -0.3 is 24.8 Å². The summed E-state index contributed by atoms with van der Waals surface area (Å²) < 4.78 is 11.5. The third-order valence-electron chi connectivity index (χ3n) is 3.39. The molecule has 4 atom stereocenters. The molecule has 0 aromatic carbocycles. The molecule has 0 radical (unpaired) electrons. The van der Waals surface area contributed by atoms with Gasteiger partial charge >= 0.3 is 5.97 Å². The fraction of sp³-hybridized carbons (Fsp3) is 0.615. The van der Waals surface area contributed by atoms with E-state index in [2.05, 4.69) is 4.98 Å². The molecular formula is C13H18N2O7S. The molecule has 1 saturated heterocycles. The second kappa shape index (κ2) is 7.41. The minimum atomic E-state index is -1.35. The van der Waals surface area contributed by atoms with E-state index in [9.17, 15) is 19.8 Å². The van der Waals surface area contributed by atoms with E-state index < -0.39 is 42.7 Å². The van der Waals surface area contributed by atoms with Crippen LogP contribution >= 0.6 is 11.8 Å². The lowest BCUT2D eigenvalue weighted by molar-refractivity contribution is -0.0578. The number of nitrogens with zero attached hydrogens (tertiary/aromatic N) is 2. The summed E-state index contributed by atoms with van der Waals surface area (Å²) >= 11 is 1.11. The van der Waals surface area contributed by atoms with Crippen LogP contribution in [0, 0.1) is 0 Å². The number of carbonyl (C=O) groups is 1. The van der Waals surface area contributed by atoms with E-state index in [0.29, 0.717) is 0 Å². The summed E-state index contributed by atoms with van der Waals surface area (Å²) in [5.41, 5.74) is -1.06. The second-order valence-electron chi connectivity index (χ2n) is 4.80. The molecular weight excluding hydrogens is 328 g/mol. The fourth-order valence-electron chi connectivity index (χ4n) is 2.25. The number of thioether (sulfide) groups is 1. The number of ether oxygens (including phenoxy) is 2. The number of aliphatic hydroxyl groups excluding tert-OH is 3. The third-order valence-corrected chi connectivity index (χ3v) is 4.05. The van der Waals surface area contributed by atoms with Crippen molar-refractivity contribution in [1.82, 2.24) is 9.55 Å². The van der Waals surface area contributed by atoms with Gasteiger partial charge in [0.2, 0.25) is 0 Å².